The van der Waals surface area contributed by atoms with Gasteiger partial charge in [0.1, 0.15) is 0 Å². The molecule has 25 heavy (non-hydrogen) atoms. The molecule has 0 amide bonds. The summed E-state index contributed by atoms with van der Waals surface area (Å²) in [5.74, 6) is 0.101. The Bertz CT molecular complexity index is 1090. The third kappa shape index (κ3) is 2.81. The van der Waals surface area contributed by atoms with Gasteiger partial charge in [0.15, 0.2) is 0 Å². The Kier molecular flexibility index (Phi) is 3.82. The van der Waals surface area contributed by atoms with E-state index < -0.39 is 0 Å². The molecule has 0 saturated heterocycles. The van der Waals surface area contributed by atoms with Crippen molar-refractivity contribution < 1.29 is 4.79 Å². The lowest BCUT2D eigenvalue weighted by atomic mass is 10.1. The molecule has 0 aliphatic rings. The first-order valence-corrected chi connectivity index (χ1v) is 8.42. The van der Waals surface area contributed by atoms with Gasteiger partial charge < -0.3 is 5.73 Å². The molecule has 0 fully saturated rings. The quantitative estimate of drug-likeness (QED) is 0.556. The lowest BCUT2D eigenvalue weighted by Crippen LogP contribution is -2.10. The second-order valence-electron chi connectivity index (χ2n) is 5.55. The molecule has 0 radical (unpaired) electrons. The average molecular weight is 393 g/mol. The molecule has 6 heteroatoms. The number of nitrogens with zero attached hydrogens (tertiary/aromatic N) is 3. The molecule has 4 rings (SSSR count). The Hall–Kier alpha value is -2.99. The van der Waals surface area contributed by atoms with Crippen molar-refractivity contribution in [2.45, 2.75) is 0 Å². The zero-order valence-electron chi connectivity index (χ0n) is 13.1. The monoisotopic (exact) mass is 392 g/mol. The van der Waals surface area contributed by atoms with Crippen LogP contribution in [0.1, 0.15) is 10.4 Å². The highest BCUT2D eigenvalue weighted by Gasteiger charge is 2.17. The van der Waals surface area contributed by atoms with Gasteiger partial charge in [-0.25, -0.2) is 9.97 Å². The van der Waals surface area contributed by atoms with Crippen LogP contribution in [0, 0.1) is 0 Å². The van der Waals surface area contributed by atoms with Crippen LogP contribution in [0.5, 0.6) is 0 Å². The zero-order valence-corrected chi connectivity index (χ0v) is 14.6. The lowest BCUT2D eigenvalue weighted by molar-refractivity contribution is 0.0965. The number of hydrogen-bond donors (Lipinski definition) is 1. The van der Waals surface area contributed by atoms with Crippen molar-refractivity contribution in [2.24, 2.45) is 0 Å². The summed E-state index contributed by atoms with van der Waals surface area (Å²) in [7, 11) is 0. The van der Waals surface area contributed by atoms with Gasteiger partial charge in [-0.1, -0.05) is 34.1 Å². The molecule has 0 saturated carbocycles. The Labute approximate surface area is 152 Å². The number of hydrogen-bond acceptors (Lipinski definition) is 4. The SMILES string of the molecule is Nc1nccc(-c2cn(C(=O)c3ccccc3)c3ccc(Br)cc23)n1. The Morgan fingerprint density at radius 3 is 2.64 bits per heavy atom. The summed E-state index contributed by atoms with van der Waals surface area (Å²) in [5, 5.41) is 0.914. The summed E-state index contributed by atoms with van der Waals surface area (Å²) in [6.07, 6.45) is 3.41. The second-order valence-corrected chi connectivity index (χ2v) is 6.46. The molecule has 2 aromatic carbocycles. The van der Waals surface area contributed by atoms with Gasteiger partial charge >= 0.3 is 0 Å². The molecule has 0 bridgehead atoms. The minimum Gasteiger partial charge on any atom is -0.368 e. The predicted octanol–water partition coefficient (Wildman–Crippen LogP) is 4.13. The molecule has 0 spiro atoms. The van der Waals surface area contributed by atoms with E-state index in [0.717, 1.165) is 20.9 Å². The van der Waals surface area contributed by atoms with Crippen molar-refractivity contribution in [1.82, 2.24) is 14.5 Å². The smallest absolute Gasteiger partial charge is 0.262 e. The maximum atomic E-state index is 13.0. The molecule has 0 atom stereocenters. The van der Waals surface area contributed by atoms with E-state index in [0.29, 0.717) is 11.3 Å². The number of aromatic nitrogens is 3. The van der Waals surface area contributed by atoms with Crippen LogP contribution in [-0.4, -0.2) is 20.4 Å². The maximum Gasteiger partial charge on any atom is 0.262 e. The molecule has 2 aromatic heterocycles. The zero-order chi connectivity index (χ0) is 17.4. The fraction of sp³-hybridized carbons (Fsp3) is 0. The molecule has 2 heterocycles. The first-order chi connectivity index (χ1) is 12.1. The Morgan fingerprint density at radius 1 is 1.08 bits per heavy atom. The van der Waals surface area contributed by atoms with Gasteiger partial charge in [-0.2, -0.15) is 0 Å². The predicted molar refractivity (Wildman–Crippen MR) is 101 cm³/mol. The molecule has 0 aliphatic carbocycles. The molecular formula is C19H13BrN4O. The molecule has 0 unspecified atom stereocenters. The topological polar surface area (TPSA) is 73.8 Å². The largest absolute Gasteiger partial charge is 0.368 e. The van der Waals surface area contributed by atoms with E-state index in [1.807, 2.05) is 36.4 Å². The minimum absolute atomic E-state index is 0.0961. The third-order valence-corrected chi connectivity index (χ3v) is 4.45. The van der Waals surface area contributed by atoms with Crippen LogP contribution >= 0.6 is 15.9 Å². The number of nitrogen functional groups attached to an aromatic ring is 1. The number of carbonyl (C=O) groups is 1. The molecular weight excluding hydrogens is 380 g/mol. The van der Waals surface area contributed by atoms with Gasteiger partial charge in [0.05, 0.1) is 11.2 Å². The van der Waals surface area contributed by atoms with Gasteiger partial charge in [-0.3, -0.25) is 9.36 Å². The van der Waals surface area contributed by atoms with E-state index in [9.17, 15) is 4.79 Å². The molecule has 5 nitrogen and oxygen atoms in total. The third-order valence-electron chi connectivity index (χ3n) is 3.96. The summed E-state index contributed by atoms with van der Waals surface area (Å²) >= 11 is 3.49. The first-order valence-electron chi connectivity index (χ1n) is 7.63. The van der Waals surface area contributed by atoms with Crippen LogP contribution in [0.4, 0.5) is 5.95 Å². The van der Waals surface area contributed by atoms with Crippen LogP contribution in [-0.2, 0) is 0 Å². The minimum atomic E-state index is -0.0961. The number of rotatable bonds is 2. The molecule has 0 aliphatic heterocycles. The number of anilines is 1. The summed E-state index contributed by atoms with van der Waals surface area (Å²) in [6.45, 7) is 0. The van der Waals surface area contributed by atoms with Gasteiger partial charge in [-0.05, 0) is 36.4 Å². The molecule has 2 N–H and O–H groups in total. The number of halogens is 1. The molecule has 4 aromatic rings. The van der Waals surface area contributed by atoms with E-state index >= 15 is 0 Å². The van der Waals surface area contributed by atoms with Crippen molar-refractivity contribution in [2.75, 3.05) is 5.73 Å². The van der Waals surface area contributed by atoms with Crippen molar-refractivity contribution in [3.8, 4) is 11.3 Å². The molecule has 122 valence electrons. The number of benzene rings is 2. The summed E-state index contributed by atoms with van der Waals surface area (Å²) in [6, 6.07) is 16.8. The summed E-state index contributed by atoms with van der Waals surface area (Å²) < 4.78 is 2.57. The number of fused-ring (bicyclic) bond motifs is 1. The Balaban J connectivity index is 1.96. The van der Waals surface area contributed by atoms with E-state index in [2.05, 4.69) is 25.9 Å². The van der Waals surface area contributed by atoms with Crippen molar-refractivity contribution in [3.05, 3.63) is 77.0 Å². The standard InChI is InChI=1S/C19H13BrN4O/c20-13-6-7-17-14(10-13)15(16-8-9-22-19(21)23-16)11-24(17)18(25)12-4-2-1-3-5-12/h1-11H,(H2,21,22,23). The van der Waals surface area contributed by atoms with Crippen LogP contribution in [0.3, 0.4) is 0 Å². The van der Waals surface area contributed by atoms with Gasteiger partial charge in [-0.15, -0.1) is 0 Å². The average Bonchev–Trinajstić information content (AvgIpc) is 3.00. The lowest BCUT2D eigenvalue weighted by Gasteiger charge is -2.04. The summed E-state index contributed by atoms with van der Waals surface area (Å²) in [5.41, 5.74) is 8.66. The van der Waals surface area contributed by atoms with Crippen molar-refractivity contribution in [3.63, 3.8) is 0 Å². The normalized spacial score (nSPS) is 10.9. The maximum absolute atomic E-state index is 13.0. The number of nitrogens with two attached hydrogens (primary N) is 1. The number of carbonyl (C=O) groups excluding carboxylic acids is 1. The van der Waals surface area contributed by atoms with E-state index in [4.69, 9.17) is 5.73 Å². The van der Waals surface area contributed by atoms with E-state index in [1.54, 1.807) is 35.2 Å². The Morgan fingerprint density at radius 2 is 1.88 bits per heavy atom. The fourth-order valence-corrected chi connectivity index (χ4v) is 3.18. The highest BCUT2D eigenvalue weighted by molar-refractivity contribution is 9.10. The van der Waals surface area contributed by atoms with Crippen LogP contribution < -0.4 is 5.73 Å². The van der Waals surface area contributed by atoms with Crippen LogP contribution in [0.25, 0.3) is 22.2 Å². The van der Waals surface area contributed by atoms with Gasteiger partial charge in [0, 0.05) is 33.4 Å². The van der Waals surface area contributed by atoms with E-state index in [1.165, 1.54) is 0 Å². The fourth-order valence-electron chi connectivity index (χ4n) is 2.82. The van der Waals surface area contributed by atoms with Crippen LogP contribution in [0.2, 0.25) is 0 Å². The first kappa shape index (κ1) is 15.5. The van der Waals surface area contributed by atoms with Gasteiger partial charge in [0.25, 0.3) is 5.91 Å². The highest BCUT2D eigenvalue weighted by atomic mass is 79.9. The van der Waals surface area contributed by atoms with Crippen molar-refractivity contribution in [1.29, 1.82) is 0 Å². The van der Waals surface area contributed by atoms with Crippen molar-refractivity contribution >= 4 is 38.7 Å². The van der Waals surface area contributed by atoms with E-state index in [-0.39, 0.29) is 11.9 Å². The summed E-state index contributed by atoms with van der Waals surface area (Å²) in [4.78, 5) is 21.2. The van der Waals surface area contributed by atoms with Gasteiger partial charge in [0.2, 0.25) is 5.95 Å². The van der Waals surface area contributed by atoms with Crippen LogP contribution in [0.15, 0.2) is 71.5 Å². The second kappa shape index (κ2) is 6.14. The highest BCUT2D eigenvalue weighted by Crippen LogP contribution is 2.32.